The van der Waals surface area contributed by atoms with Crippen LogP contribution in [-0.4, -0.2) is 34.2 Å². The van der Waals surface area contributed by atoms with E-state index in [1.165, 1.54) is 0 Å². The van der Waals surface area contributed by atoms with Crippen LogP contribution in [0.15, 0.2) is 0 Å². The smallest absolute Gasteiger partial charge is 0.310 e. The van der Waals surface area contributed by atoms with Crippen molar-refractivity contribution in [2.24, 2.45) is 11.3 Å². The number of carboxylic acids is 1. The fraction of sp³-hybridized carbons (Fsp3) is 0.833. The van der Waals surface area contributed by atoms with Crippen LogP contribution >= 0.6 is 0 Å². The first kappa shape index (κ1) is 14.0. The van der Waals surface area contributed by atoms with Gasteiger partial charge in [-0.05, 0) is 25.7 Å². The number of rotatable bonds is 6. The Morgan fingerprint density at radius 3 is 2.24 bits per heavy atom. The molecule has 0 aliphatic heterocycles. The molecule has 3 N–H and O–H groups in total. The van der Waals surface area contributed by atoms with Crippen LogP contribution in [0.25, 0.3) is 0 Å². The third-order valence-corrected chi connectivity index (χ3v) is 3.85. The molecule has 0 bridgehead atoms. The summed E-state index contributed by atoms with van der Waals surface area (Å²) in [6.07, 6.45) is 1.48. The van der Waals surface area contributed by atoms with Crippen molar-refractivity contribution in [1.82, 2.24) is 5.32 Å². The minimum Gasteiger partial charge on any atom is -0.481 e. The van der Waals surface area contributed by atoms with Gasteiger partial charge in [-0.1, -0.05) is 13.8 Å². The zero-order chi connectivity index (χ0) is 13.3. The summed E-state index contributed by atoms with van der Waals surface area (Å²) in [5.41, 5.74) is -1.54. The minimum atomic E-state index is -1.06. The lowest BCUT2D eigenvalue weighted by molar-refractivity contribution is -0.153. The molecule has 1 fully saturated rings. The Balaban J connectivity index is 2.62. The Morgan fingerprint density at radius 2 is 1.94 bits per heavy atom. The molecule has 1 aliphatic carbocycles. The Morgan fingerprint density at radius 1 is 1.41 bits per heavy atom. The number of nitrogens with one attached hydrogen (secondary N) is 1. The quantitative estimate of drug-likeness (QED) is 0.643. The summed E-state index contributed by atoms with van der Waals surface area (Å²) in [6.45, 7) is 5.09. The molecule has 5 nitrogen and oxygen atoms in total. The second-order valence-electron chi connectivity index (χ2n) is 5.54. The molecular weight excluding hydrogens is 222 g/mol. The number of aliphatic hydroxyl groups excluding tert-OH is 1. The summed E-state index contributed by atoms with van der Waals surface area (Å²) >= 11 is 0. The molecule has 0 heterocycles. The van der Waals surface area contributed by atoms with E-state index in [2.05, 4.69) is 5.32 Å². The molecule has 1 unspecified atom stereocenters. The van der Waals surface area contributed by atoms with E-state index in [1.54, 1.807) is 20.8 Å². The van der Waals surface area contributed by atoms with Crippen molar-refractivity contribution in [3.05, 3.63) is 0 Å². The van der Waals surface area contributed by atoms with Gasteiger partial charge in [0.2, 0.25) is 5.91 Å². The maximum Gasteiger partial charge on any atom is 0.310 e. The summed E-state index contributed by atoms with van der Waals surface area (Å²) < 4.78 is 0. The van der Waals surface area contributed by atoms with E-state index in [9.17, 15) is 14.7 Å². The number of carbonyl (C=O) groups is 2. The van der Waals surface area contributed by atoms with Gasteiger partial charge < -0.3 is 15.5 Å². The van der Waals surface area contributed by atoms with Crippen LogP contribution in [0.2, 0.25) is 0 Å². The zero-order valence-corrected chi connectivity index (χ0v) is 10.6. The SMILES string of the molecule is CC(C)C(C)(CC(=O)NC1(CO)CC1)C(=O)O. The van der Waals surface area contributed by atoms with Gasteiger partial charge in [0.05, 0.1) is 17.6 Å². The number of hydrogen-bond donors (Lipinski definition) is 3. The van der Waals surface area contributed by atoms with E-state index in [1.807, 2.05) is 0 Å². The highest BCUT2D eigenvalue weighted by molar-refractivity contribution is 5.85. The lowest BCUT2D eigenvalue weighted by atomic mass is 9.76. The van der Waals surface area contributed by atoms with Gasteiger partial charge in [-0.2, -0.15) is 0 Å². The van der Waals surface area contributed by atoms with Crippen molar-refractivity contribution in [3.8, 4) is 0 Å². The molecule has 0 spiro atoms. The molecule has 1 amide bonds. The van der Waals surface area contributed by atoms with Crippen LogP contribution in [0.1, 0.15) is 40.0 Å². The van der Waals surface area contributed by atoms with Crippen LogP contribution in [0, 0.1) is 11.3 Å². The summed E-state index contributed by atoms with van der Waals surface area (Å²) in [5, 5.41) is 21.0. The number of amides is 1. The molecule has 1 atom stereocenters. The molecule has 1 aliphatic rings. The lowest BCUT2D eigenvalue weighted by Crippen LogP contribution is -2.44. The van der Waals surface area contributed by atoms with Gasteiger partial charge in [-0.15, -0.1) is 0 Å². The molecule has 98 valence electrons. The number of carbonyl (C=O) groups excluding carboxylic acids is 1. The highest BCUT2D eigenvalue weighted by atomic mass is 16.4. The predicted molar refractivity (Wildman–Crippen MR) is 62.4 cm³/mol. The maximum absolute atomic E-state index is 11.8. The minimum absolute atomic E-state index is 0.0538. The van der Waals surface area contributed by atoms with Gasteiger partial charge in [0, 0.05) is 6.42 Å². The van der Waals surface area contributed by atoms with Crippen LogP contribution in [0.4, 0.5) is 0 Å². The highest BCUT2D eigenvalue weighted by Gasteiger charge is 2.45. The summed E-state index contributed by atoms with van der Waals surface area (Å²) in [5.74, 6) is -1.39. The largest absolute Gasteiger partial charge is 0.481 e. The number of carboxylic acid groups (broad SMARTS) is 1. The molecule has 0 radical (unpaired) electrons. The van der Waals surface area contributed by atoms with Crippen LogP contribution in [-0.2, 0) is 9.59 Å². The van der Waals surface area contributed by atoms with Crippen LogP contribution in [0.5, 0.6) is 0 Å². The van der Waals surface area contributed by atoms with Gasteiger partial charge in [-0.25, -0.2) is 0 Å². The number of hydrogen-bond acceptors (Lipinski definition) is 3. The molecule has 17 heavy (non-hydrogen) atoms. The molecule has 0 saturated heterocycles. The van der Waals surface area contributed by atoms with Crippen LogP contribution in [0.3, 0.4) is 0 Å². The maximum atomic E-state index is 11.8. The van der Waals surface area contributed by atoms with E-state index in [0.29, 0.717) is 0 Å². The van der Waals surface area contributed by atoms with Gasteiger partial charge in [0.1, 0.15) is 0 Å². The molecular formula is C12H21NO4. The fourth-order valence-electron chi connectivity index (χ4n) is 1.67. The molecule has 1 saturated carbocycles. The fourth-order valence-corrected chi connectivity index (χ4v) is 1.67. The van der Waals surface area contributed by atoms with Gasteiger partial charge in [0.15, 0.2) is 0 Å². The second-order valence-corrected chi connectivity index (χ2v) is 5.54. The van der Waals surface area contributed by atoms with Crippen LogP contribution < -0.4 is 5.32 Å². The zero-order valence-electron chi connectivity index (χ0n) is 10.6. The first-order valence-electron chi connectivity index (χ1n) is 5.91. The van der Waals surface area contributed by atoms with Crippen molar-refractivity contribution in [2.75, 3.05) is 6.61 Å². The summed E-state index contributed by atoms with van der Waals surface area (Å²) in [7, 11) is 0. The number of aliphatic hydroxyl groups is 1. The molecule has 0 aromatic rings. The Kier molecular flexibility index (Phi) is 3.81. The summed E-state index contributed by atoms with van der Waals surface area (Å²) in [4.78, 5) is 23.0. The lowest BCUT2D eigenvalue weighted by Gasteiger charge is -2.29. The standard InChI is InChI=1S/C12H21NO4/c1-8(2)11(3,10(16)17)6-9(15)13-12(7-14)4-5-12/h8,14H,4-7H2,1-3H3,(H,13,15)(H,16,17). The van der Waals surface area contributed by atoms with Gasteiger partial charge in [-0.3, -0.25) is 9.59 Å². The van der Waals surface area contributed by atoms with E-state index in [4.69, 9.17) is 5.11 Å². The molecule has 5 heteroatoms. The Bertz CT molecular complexity index is 322. The number of aliphatic carboxylic acids is 1. The predicted octanol–water partition coefficient (Wildman–Crippen LogP) is 0.764. The first-order valence-corrected chi connectivity index (χ1v) is 5.91. The Labute approximate surface area is 101 Å². The Hall–Kier alpha value is -1.10. The van der Waals surface area contributed by atoms with Gasteiger partial charge in [0.25, 0.3) is 0 Å². The third-order valence-electron chi connectivity index (χ3n) is 3.85. The normalized spacial score (nSPS) is 20.8. The molecule has 0 aromatic carbocycles. The van der Waals surface area contributed by atoms with Crippen molar-refractivity contribution in [2.45, 2.75) is 45.6 Å². The van der Waals surface area contributed by atoms with E-state index >= 15 is 0 Å². The summed E-state index contributed by atoms with van der Waals surface area (Å²) in [6, 6.07) is 0. The molecule has 1 rings (SSSR count). The topological polar surface area (TPSA) is 86.6 Å². The van der Waals surface area contributed by atoms with Gasteiger partial charge >= 0.3 is 5.97 Å². The molecule has 0 aromatic heterocycles. The highest BCUT2D eigenvalue weighted by Crippen LogP contribution is 2.36. The average Bonchev–Trinajstić information content (AvgIpc) is 2.97. The van der Waals surface area contributed by atoms with E-state index in [-0.39, 0.29) is 24.9 Å². The second kappa shape index (κ2) is 4.64. The third kappa shape index (κ3) is 2.97. The van der Waals surface area contributed by atoms with E-state index < -0.39 is 16.9 Å². The van der Waals surface area contributed by atoms with Crippen molar-refractivity contribution in [1.29, 1.82) is 0 Å². The monoisotopic (exact) mass is 243 g/mol. The van der Waals surface area contributed by atoms with Crippen molar-refractivity contribution < 1.29 is 19.8 Å². The van der Waals surface area contributed by atoms with Crippen molar-refractivity contribution in [3.63, 3.8) is 0 Å². The first-order chi connectivity index (χ1) is 7.76. The van der Waals surface area contributed by atoms with E-state index in [0.717, 1.165) is 12.8 Å². The van der Waals surface area contributed by atoms with Crippen molar-refractivity contribution >= 4 is 11.9 Å². The average molecular weight is 243 g/mol.